The summed E-state index contributed by atoms with van der Waals surface area (Å²) in [6.07, 6.45) is 0. The number of hydrogen-bond acceptors (Lipinski definition) is 1. The van der Waals surface area contributed by atoms with Gasteiger partial charge in [-0.1, -0.05) is 18.2 Å². The fraction of sp³-hybridized carbons (Fsp3) is 0.0833. The fourth-order valence-electron chi connectivity index (χ4n) is 1.92. The van der Waals surface area contributed by atoms with Gasteiger partial charge in [0.25, 0.3) is 0 Å². The number of aromatic amines is 1. The number of para-hydroxylation sites is 1. The van der Waals surface area contributed by atoms with Crippen molar-refractivity contribution in [2.45, 2.75) is 6.92 Å². The van der Waals surface area contributed by atoms with E-state index in [2.05, 4.69) is 56.8 Å². The smallest absolute Gasteiger partial charge is 0.139 e. The monoisotopic (exact) mass is 308 g/mol. The van der Waals surface area contributed by atoms with E-state index in [1.807, 2.05) is 13.0 Å². The summed E-state index contributed by atoms with van der Waals surface area (Å²) in [5, 5.41) is 2.49. The molecule has 0 amide bonds. The molecule has 0 aliphatic rings. The molecule has 1 N–H and O–H groups in total. The van der Waals surface area contributed by atoms with Crippen LogP contribution in [0.5, 0.6) is 0 Å². The SMILES string of the molecule is Cc1cc(I)c2c(n1)[nH]c1ccccc12. The third kappa shape index (κ3) is 1.33. The molecule has 0 unspecified atom stereocenters. The molecular formula is C12H9IN2. The van der Waals surface area contributed by atoms with Crippen molar-refractivity contribution in [3.63, 3.8) is 0 Å². The standard InChI is InChI=1S/C12H9IN2/c1-7-6-9(13)11-8-4-2-3-5-10(8)15-12(11)14-7/h2-6H,1H3,(H,14,15). The molecular weight excluding hydrogens is 299 g/mol. The summed E-state index contributed by atoms with van der Waals surface area (Å²) < 4.78 is 1.26. The van der Waals surface area contributed by atoms with Gasteiger partial charge in [-0.2, -0.15) is 0 Å². The van der Waals surface area contributed by atoms with Gasteiger partial charge in [-0.3, -0.25) is 0 Å². The number of rotatable bonds is 0. The van der Waals surface area contributed by atoms with Gasteiger partial charge in [-0.05, 0) is 41.6 Å². The second-order valence-electron chi connectivity index (χ2n) is 3.64. The van der Waals surface area contributed by atoms with Gasteiger partial charge in [0.1, 0.15) is 5.65 Å². The minimum Gasteiger partial charge on any atom is -0.339 e. The second-order valence-corrected chi connectivity index (χ2v) is 4.80. The van der Waals surface area contributed by atoms with Crippen molar-refractivity contribution in [3.8, 4) is 0 Å². The predicted octanol–water partition coefficient (Wildman–Crippen LogP) is 3.63. The number of pyridine rings is 1. The van der Waals surface area contributed by atoms with E-state index in [-0.39, 0.29) is 0 Å². The number of nitrogens with zero attached hydrogens (tertiary/aromatic N) is 1. The van der Waals surface area contributed by atoms with Crippen LogP contribution in [0.25, 0.3) is 21.9 Å². The van der Waals surface area contributed by atoms with E-state index in [0.717, 1.165) is 16.9 Å². The van der Waals surface area contributed by atoms with Gasteiger partial charge in [-0.15, -0.1) is 0 Å². The Kier molecular flexibility index (Phi) is 1.95. The Morgan fingerprint density at radius 2 is 2.07 bits per heavy atom. The van der Waals surface area contributed by atoms with E-state index in [0.29, 0.717) is 0 Å². The highest BCUT2D eigenvalue weighted by molar-refractivity contribution is 14.1. The maximum atomic E-state index is 4.51. The maximum Gasteiger partial charge on any atom is 0.139 e. The lowest BCUT2D eigenvalue weighted by Gasteiger charge is -1.96. The first kappa shape index (κ1) is 9.15. The predicted molar refractivity (Wildman–Crippen MR) is 71.1 cm³/mol. The van der Waals surface area contributed by atoms with E-state index in [9.17, 15) is 0 Å². The van der Waals surface area contributed by atoms with Crippen LogP contribution in [-0.2, 0) is 0 Å². The Morgan fingerprint density at radius 1 is 1.27 bits per heavy atom. The molecule has 2 nitrogen and oxygen atoms in total. The van der Waals surface area contributed by atoms with Crippen molar-refractivity contribution in [1.82, 2.24) is 9.97 Å². The van der Waals surface area contributed by atoms with Crippen LogP contribution >= 0.6 is 22.6 Å². The molecule has 0 bridgehead atoms. The fourth-order valence-corrected chi connectivity index (χ4v) is 2.91. The third-order valence-electron chi connectivity index (χ3n) is 2.55. The molecule has 0 atom stereocenters. The van der Waals surface area contributed by atoms with E-state index >= 15 is 0 Å². The molecule has 0 aliphatic heterocycles. The highest BCUT2D eigenvalue weighted by Gasteiger charge is 2.08. The Hall–Kier alpha value is -1.10. The van der Waals surface area contributed by atoms with E-state index in [1.165, 1.54) is 14.3 Å². The number of fused-ring (bicyclic) bond motifs is 3. The first-order valence-electron chi connectivity index (χ1n) is 4.79. The molecule has 1 aromatic carbocycles. The highest BCUT2D eigenvalue weighted by atomic mass is 127. The zero-order valence-corrected chi connectivity index (χ0v) is 10.4. The van der Waals surface area contributed by atoms with Crippen molar-refractivity contribution in [1.29, 1.82) is 0 Å². The number of hydrogen-bond donors (Lipinski definition) is 1. The van der Waals surface area contributed by atoms with Gasteiger partial charge >= 0.3 is 0 Å². The minimum atomic E-state index is 0.987. The molecule has 2 aromatic heterocycles. The molecule has 0 radical (unpaired) electrons. The van der Waals surface area contributed by atoms with Gasteiger partial charge in [0.05, 0.1) is 0 Å². The van der Waals surface area contributed by atoms with Crippen LogP contribution in [-0.4, -0.2) is 9.97 Å². The molecule has 2 heterocycles. The van der Waals surface area contributed by atoms with E-state index in [4.69, 9.17) is 0 Å². The molecule has 0 saturated heterocycles. The zero-order chi connectivity index (χ0) is 10.4. The highest BCUT2D eigenvalue weighted by Crippen LogP contribution is 2.28. The average Bonchev–Trinajstić information content (AvgIpc) is 2.54. The molecule has 74 valence electrons. The lowest BCUT2D eigenvalue weighted by Crippen LogP contribution is -1.84. The minimum absolute atomic E-state index is 0.987. The molecule has 3 heteroatoms. The number of benzene rings is 1. The summed E-state index contributed by atoms with van der Waals surface area (Å²) in [6.45, 7) is 2.02. The van der Waals surface area contributed by atoms with Crippen molar-refractivity contribution >= 4 is 44.5 Å². The Bertz CT molecular complexity index is 655. The number of aromatic nitrogens is 2. The third-order valence-corrected chi connectivity index (χ3v) is 3.40. The van der Waals surface area contributed by atoms with Crippen molar-refractivity contribution in [2.75, 3.05) is 0 Å². The lowest BCUT2D eigenvalue weighted by atomic mass is 10.2. The summed E-state index contributed by atoms with van der Waals surface area (Å²) in [7, 11) is 0. The molecule has 0 spiro atoms. The topological polar surface area (TPSA) is 28.7 Å². The number of aryl methyl sites for hydroxylation is 1. The van der Waals surface area contributed by atoms with E-state index < -0.39 is 0 Å². The van der Waals surface area contributed by atoms with Gasteiger partial charge in [0.2, 0.25) is 0 Å². The Morgan fingerprint density at radius 3 is 2.93 bits per heavy atom. The lowest BCUT2D eigenvalue weighted by molar-refractivity contribution is 1.22. The van der Waals surface area contributed by atoms with Crippen LogP contribution in [0.4, 0.5) is 0 Å². The first-order valence-corrected chi connectivity index (χ1v) is 5.87. The summed E-state index contributed by atoms with van der Waals surface area (Å²) in [5.74, 6) is 0. The van der Waals surface area contributed by atoms with Gasteiger partial charge < -0.3 is 4.98 Å². The van der Waals surface area contributed by atoms with Gasteiger partial charge in [0.15, 0.2) is 0 Å². The zero-order valence-electron chi connectivity index (χ0n) is 8.21. The van der Waals surface area contributed by atoms with Crippen LogP contribution in [0.15, 0.2) is 30.3 Å². The molecule has 3 rings (SSSR count). The molecule has 0 aliphatic carbocycles. The molecule has 3 aromatic rings. The Balaban J connectivity index is 2.61. The summed E-state index contributed by atoms with van der Waals surface area (Å²) >= 11 is 2.37. The largest absolute Gasteiger partial charge is 0.339 e. The summed E-state index contributed by atoms with van der Waals surface area (Å²) in [6, 6.07) is 10.4. The molecule has 0 saturated carbocycles. The molecule has 0 fully saturated rings. The van der Waals surface area contributed by atoms with Crippen LogP contribution < -0.4 is 0 Å². The Labute approximate surface area is 101 Å². The second kappa shape index (κ2) is 3.20. The van der Waals surface area contributed by atoms with Crippen molar-refractivity contribution < 1.29 is 0 Å². The molecule has 15 heavy (non-hydrogen) atoms. The van der Waals surface area contributed by atoms with E-state index in [1.54, 1.807) is 0 Å². The van der Waals surface area contributed by atoms with Gasteiger partial charge in [0, 0.05) is 25.6 Å². The average molecular weight is 308 g/mol. The number of halogens is 1. The quantitative estimate of drug-likeness (QED) is 0.631. The van der Waals surface area contributed by atoms with Crippen LogP contribution in [0.1, 0.15) is 5.69 Å². The first-order chi connectivity index (χ1) is 7.25. The normalized spacial score (nSPS) is 11.3. The summed E-state index contributed by atoms with van der Waals surface area (Å²) in [4.78, 5) is 7.86. The maximum absolute atomic E-state index is 4.51. The van der Waals surface area contributed by atoms with Crippen molar-refractivity contribution in [2.24, 2.45) is 0 Å². The summed E-state index contributed by atoms with van der Waals surface area (Å²) in [5.41, 5.74) is 3.20. The van der Waals surface area contributed by atoms with Crippen LogP contribution in [0.3, 0.4) is 0 Å². The number of H-pyrrole nitrogens is 1. The van der Waals surface area contributed by atoms with Crippen LogP contribution in [0, 0.1) is 10.5 Å². The van der Waals surface area contributed by atoms with Gasteiger partial charge in [-0.25, -0.2) is 4.98 Å². The van der Waals surface area contributed by atoms with Crippen LogP contribution in [0.2, 0.25) is 0 Å². The van der Waals surface area contributed by atoms with Crippen molar-refractivity contribution in [3.05, 3.63) is 39.6 Å². The number of nitrogens with one attached hydrogen (secondary N) is 1.